The van der Waals surface area contributed by atoms with Crippen LogP contribution in [0.2, 0.25) is 0 Å². The molecular weight excluding hydrogens is 1050 g/mol. The molecule has 0 atom stereocenters. The lowest BCUT2D eigenvalue weighted by molar-refractivity contribution is -0.215. The molecule has 0 aliphatic carbocycles. The lowest BCUT2D eigenvalue weighted by Crippen LogP contribution is -2.39. The van der Waals surface area contributed by atoms with E-state index in [2.05, 4.69) is 0 Å². The summed E-state index contributed by atoms with van der Waals surface area (Å²) in [7, 11) is 0. The van der Waals surface area contributed by atoms with E-state index < -0.39 is 126 Å². The Hall–Kier alpha value is -6.73. The number of rotatable bonds is 10. The van der Waals surface area contributed by atoms with Gasteiger partial charge < -0.3 is 29.8 Å². The predicted molar refractivity (Wildman–Crippen MR) is 240 cm³/mol. The third-order valence-corrected chi connectivity index (χ3v) is 14.1. The lowest BCUT2D eigenvalue weighted by Gasteiger charge is -2.29. The first-order valence-electron chi connectivity index (χ1n) is 22.8. The summed E-state index contributed by atoms with van der Waals surface area (Å²) < 4.78 is 188. The number of nitrogens with zero attached hydrogens (tertiary/aromatic N) is 2. The first-order valence-corrected chi connectivity index (χ1v) is 23.7. The van der Waals surface area contributed by atoms with E-state index in [9.17, 15) is 29.4 Å². The van der Waals surface area contributed by atoms with Gasteiger partial charge in [-0.2, -0.15) is 62.5 Å². The van der Waals surface area contributed by atoms with Crippen molar-refractivity contribution < 1.29 is 102 Å². The number of hydrogen-bond acceptors (Lipinski definition) is 9. The first kappa shape index (κ1) is 54.5. The van der Waals surface area contributed by atoms with Gasteiger partial charge in [-0.05, 0) is 108 Å². The number of carboxylic acid groups (broad SMARTS) is 2. The number of piperidine rings is 2. The summed E-state index contributed by atoms with van der Waals surface area (Å²) in [6.45, 7) is -0.957. The average molecular weight is 1090 g/mol. The SMILES string of the molecule is O=C(O)C1CCN(C(=O)C=Cc2c(-c3ccc4c(c3)CCOO4)cc(Sc3cc(-c4ccc5c(c4)CCOO5)c(C=CC(=O)N4CCC(C(=O)O)CC4)c(C(F)(F)F)c3C(F)(F)F)c(C(F)(F)F)c2C(F)(F)F)CC1. The van der Waals surface area contributed by atoms with Crippen molar-refractivity contribution >= 4 is 47.7 Å². The zero-order valence-electron chi connectivity index (χ0n) is 38.6. The molecule has 2 amide bonds. The molecule has 0 unspecified atom stereocenters. The molecule has 25 heteroatoms. The number of hydrogen-bond donors (Lipinski definition) is 2. The van der Waals surface area contributed by atoms with E-state index in [0.29, 0.717) is 36.4 Å². The molecule has 4 heterocycles. The molecule has 4 aromatic carbocycles. The van der Waals surface area contributed by atoms with Crippen LogP contribution in [0.4, 0.5) is 52.7 Å². The maximum Gasteiger partial charge on any atom is 0.418 e. The molecule has 4 aromatic rings. The highest BCUT2D eigenvalue weighted by molar-refractivity contribution is 7.99. The summed E-state index contributed by atoms with van der Waals surface area (Å²) in [5.74, 6) is -6.01. The molecule has 4 aliphatic rings. The van der Waals surface area contributed by atoms with Crippen LogP contribution >= 0.6 is 11.8 Å². The predicted octanol–water partition coefficient (Wildman–Crippen LogP) is 11.7. The van der Waals surface area contributed by atoms with Gasteiger partial charge in [0.05, 0.1) is 47.3 Å². The Balaban J connectivity index is 1.38. The summed E-state index contributed by atoms with van der Waals surface area (Å²) in [5.41, 5.74) is -14.4. The summed E-state index contributed by atoms with van der Waals surface area (Å²) >= 11 is -0.677. The number of benzene rings is 4. The van der Waals surface area contributed by atoms with Crippen LogP contribution in [0.5, 0.6) is 11.5 Å². The molecule has 0 bridgehead atoms. The van der Waals surface area contributed by atoms with Crippen LogP contribution in [0.3, 0.4) is 0 Å². The highest BCUT2D eigenvalue weighted by Gasteiger charge is 2.50. The normalized spacial score (nSPS) is 17.2. The van der Waals surface area contributed by atoms with Crippen molar-refractivity contribution in [1.82, 2.24) is 9.80 Å². The van der Waals surface area contributed by atoms with E-state index in [4.69, 9.17) is 19.6 Å². The van der Waals surface area contributed by atoms with Crippen molar-refractivity contribution in [2.75, 3.05) is 39.4 Å². The van der Waals surface area contributed by atoms with Gasteiger partial charge in [0, 0.05) is 72.1 Å². The maximum atomic E-state index is 15.7. The fourth-order valence-electron chi connectivity index (χ4n) is 9.38. The number of carbonyl (C=O) groups is 4. The third-order valence-electron chi connectivity index (χ3n) is 13.1. The minimum atomic E-state index is -6.12. The zero-order valence-corrected chi connectivity index (χ0v) is 39.4. The molecule has 75 heavy (non-hydrogen) atoms. The van der Waals surface area contributed by atoms with Crippen molar-refractivity contribution in [2.24, 2.45) is 11.8 Å². The second kappa shape index (κ2) is 21.1. The molecule has 8 rings (SSSR count). The standard InChI is InChI=1S/C50H40F12N2O10S/c51-47(52,53)41-31(3-7-39(65)63-15-9-25(10-16-63)45(67)68)33(27-1-5-35-29(21-27)13-19-71-73-35)23-37(43(41)49(57,58)59)75-38-24-34(28-2-6-36-30(22-28)14-20-72-74-36)32(42(48(54,55)56)44(38)50(60,61)62)4-8-40(66)64-17-11-26(12-18-64)46(69)70/h1-8,21-26H,9-20H2,(H,67,68)(H,69,70). The molecule has 400 valence electrons. The minimum absolute atomic E-state index is 0.0430. The Bertz CT molecular complexity index is 2770. The first-order chi connectivity index (χ1) is 35.2. The fraction of sp³-hybridized carbons (Fsp3) is 0.360. The Morgan fingerprint density at radius 1 is 0.520 bits per heavy atom. The molecule has 0 saturated carbocycles. The van der Waals surface area contributed by atoms with Crippen molar-refractivity contribution in [2.45, 2.75) is 73.0 Å². The molecule has 0 spiro atoms. The molecule has 0 aromatic heterocycles. The molecule has 2 saturated heterocycles. The van der Waals surface area contributed by atoms with E-state index in [1.165, 1.54) is 24.3 Å². The Labute approximate surface area is 421 Å². The van der Waals surface area contributed by atoms with E-state index in [0.717, 1.165) is 21.9 Å². The van der Waals surface area contributed by atoms with Crippen molar-refractivity contribution in [3.05, 3.63) is 105 Å². The molecule has 12 nitrogen and oxygen atoms in total. The van der Waals surface area contributed by atoms with Crippen LogP contribution in [0.1, 0.15) is 70.2 Å². The largest absolute Gasteiger partial charge is 0.481 e. The smallest absolute Gasteiger partial charge is 0.418 e. The van der Waals surface area contributed by atoms with E-state index in [1.807, 2.05) is 0 Å². The van der Waals surface area contributed by atoms with Crippen LogP contribution in [-0.4, -0.2) is 83.2 Å². The molecular formula is C50H40F12N2O10S. The van der Waals surface area contributed by atoms with Gasteiger partial charge in [-0.3, -0.25) is 19.2 Å². The van der Waals surface area contributed by atoms with Gasteiger partial charge in [-0.15, -0.1) is 0 Å². The van der Waals surface area contributed by atoms with Crippen LogP contribution in [0, 0.1) is 11.8 Å². The number of likely N-dealkylation sites (tertiary alicyclic amines) is 2. The maximum absolute atomic E-state index is 15.7. The summed E-state index contributed by atoms with van der Waals surface area (Å²) in [6, 6.07) is 7.82. The fourth-order valence-corrected chi connectivity index (χ4v) is 10.6. The van der Waals surface area contributed by atoms with Crippen LogP contribution in [0.25, 0.3) is 34.4 Å². The number of fused-ring (bicyclic) bond motifs is 2. The second-order valence-corrected chi connectivity index (χ2v) is 18.8. The van der Waals surface area contributed by atoms with E-state index >= 15 is 52.7 Å². The Kier molecular flexibility index (Phi) is 15.4. The number of carbonyl (C=O) groups excluding carboxylic acids is 2. The summed E-state index contributed by atoms with van der Waals surface area (Å²) in [4.78, 5) is 68.8. The van der Waals surface area contributed by atoms with Crippen molar-refractivity contribution in [3.63, 3.8) is 0 Å². The number of amides is 2. The number of carboxylic acids is 2. The average Bonchev–Trinajstić information content (AvgIpc) is 3.35. The lowest BCUT2D eigenvalue weighted by atomic mass is 9.89. The van der Waals surface area contributed by atoms with Gasteiger partial charge in [-0.1, -0.05) is 23.9 Å². The van der Waals surface area contributed by atoms with Crippen molar-refractivity contribution in [3.8, 4) is 33.8 Å². The van der Waals surface area contributed by atoms with Gasteiger partial charge in [-0.25, -0.2) is 0 Å². The third kappa shape index (κ3) is 11.9. The molecule has 2 fully saturated rings. The molecule has 4 aliphatic heterocycles. The second-order valence-electron chi connectivity index (χ2n) is 17.8. The highest BCUT2D eigenvalue weighted by Crippen LogP contribution is 2.55. The molecule has 0 radical (unpaired) electrons. The topological polar surface area (TPSA) is 152 Å². The summed E-state index contributed by atoms with van der Waals surface area (Å²) in [6.07, 6.45) is -22.5. The monoisotopic (exact) mass is 1090 g/mol. The van der Waals surface area contributed by atoms with Crippen LogP contribution in [-0.2, 0) is 66.5 Å². The quantitative estimate of drug-likeness (QED) is 0.0887. The van der Waals surface area contributed by atoms with Gasteiger partial charge in [0.15, 0.2) is 11.5 Å². The van der Waals surface area contributed by atoms with Crippen molar-refractivity contribution in [1.29, 1.82) is 0 Å². The minimum Gasteiger partial charge on any atom is -0.481 e. The van der Waals surface area contributed by atoms with Gasteiger partial charge >= 0.3 is 36.6 Å². The molecule has 2 N–H and O–H groups in total. The number of aliphatic carboxylic acids is 2. The van der Waals surface area contributed by atoms with Gasteiger partial charge in [0.1, 0.15) is 0 Å². The van der Waals surface area contributed by atoms with E-state index in [1.54, 1.807) is 0 Å². The van der Waals surface area contributed by atoms with E-state index in [-0.39, 0.29) is 112 Å². The van der Waals surface area contributed by atoms with Gasteiger partial charge in [0.2, 0.25) is 11.8 Å². The van der Waals surface area contributed by atoms with Crippen LogP contribution < -0.4 is 9.78 Å². The zero-order chi connectivity index (χ0) is 54.4. The van der Waals surface area contributed by atoms with Crippen LogP contribution in [0.15, 0.2) is 70.5 Å². The highest BCUT2D eigenvalue weighted by atomic mass is 32.2. The summed E-state index contributed by atoms with van der Waals surface area (Å²) in [5, 5.41) is 18.8. The number of alkyl halides is 12. The Morgan fingerprint density at radius 3 is 1.19 bits per heavy atom. The Morgan fingerprint density at radius 2 is 0.867 bits per heavy atom. The van der Waals surface area contributed by atoms with Gasteiger partial charge in [0.25, 0.3) is 0 Å². The number of halogens is 12.